The third kappa shape index (κ3) is 1.79. The third-order valence-corrected chi connectivity index (χ3v) is 3.69. The van der Waals surface area contributed by atoms with E-state index in [-0.39, 0.29) is 0 Å². The Labute approximate surface area is 99.6 Å². The van der Waals surface area contributed by atoms with Crippen LogP contribution in [-0.2, 0) is 0 Å². The standard InChI is InChI=1S/C13H14N2O2/c16-13(17)15-7-11-4-10(5-12(11)8-15)9-2-1-3-14-6-9/h1-4,6,11-12H,5,7-8H2,(H,16,17)/t11-,12+/m1/s1. The number of likely N-dealkylation sites (tertiary alicyclic amines) is 1. The topological polar surface area (TPSA) is 53.4 Å². The molecule has 0 radical (unpaired) electrons. The molecule has 1 amide bonds. The summed E-state index contributed by atoms with van der Waals surface area (Å²) in [6.45, 7) is 1.31. The van der Waals surface area contributed by atoms with Gasteiger partial charge < -0.3 is 10.0 Å². The molecular formula is C13H14N2O2. The van der Waals surface area contributed by atoms with Crippen molar-refractivity contribution >= 4 is 11.7 Å². The van der Waals surface area contributed by atoms with Crippen molar-refractivity contribution < 1.29 is 9.90 Å². The van der Waals surface area contributed by atoms with Gasteiger partial charge >= 0.3 is 6.09 Å². The summed E-state index contributed by atoms with van der Waals surface area (Å²) in [5.41, 5.74) is 2.49. The molecule has 2 atom stereocenters. The summed E-state index contributed by atoms with van der Waals surface area (Å²) >= 11 is 0. The second-order valence-corrected chi connectivity index (χ2v) is 4.75. The highest BCUT2D eigenvalue weighted by molar-refractivity contribution is 5.70. The average molecular weight is 230 g/mol. The van der Waals surface area contributed by atoms with Crippen molar-refractivity contribution in [1.29, 1.82) is 0 Å². The molecule has 1 fully saturated rings. The van der Waals surface area contributed by atoms with Crippen LogP contribution >= 0.6 is 0 Å². The lowest BCUT2D eigenvalue weighted by molar-refractivity contribution is 0.153. The minimum atomic E-state index is -0.796. The lowest BCUT2D eigenvalue weighted by Crippen LogP contribution is -2.27. The molecule has 0 saturated carbocycles. The number of nitrogens with zero attached hydrogens (tertiary/aromatic N) is 2. The Hall–Kier alpha value is -1.84. The Balaban J connectivity index is 1.78. The smallest absolute Gasteiger partial charge is 0.407 e. The Bertz CT molecular complexity index is 470. The number of rotatable bonds is 1. The Morgan fingerprint density at radius 1 is 1.47 bits per heavy atom. The zero-order chi connectivity index (χ0) is 11.8. The maximum Gasteiger partial charge on any atom is 0.407 e. The van der Waals surface area contributed by atoms with Crippen LogP contribution in [-0.4, -0.2) is 34.2 Å². The fourth-order valence-electron chi connectivity index (χ4n) is 2.83. The number of aromatic nitrogens is 1. The average Bonchev–Trinajstić information content (AvgIpc) is 2.87. The molecule has 0 aromatic carbocycles. The molecule has 2 aliphatic rings. The summed E-state index contributed by atoms with van der Waals surface area (Å²) in [5.74, 6) is 0.850. The lowest BCUT2D eigenvalue weighted by Gasteiger charge is -2.12. The third-order valence-electron chi connectivity index (χ3n) is 3.69. The molecule has 88 valence electrons. The number of pyridine rings is 1. The van der Waals surface area contributed by atoms with Gasteiger partial charge in [-0.3, -0.25) is 4.98 Å². The Morgan fingerprint density at radius 2 is 2.35 bits per heavy atom. The Morgan fingerprint density at radius 3 is 3.00 bits per heavy atom. The number of hydrogen-bond acceptors (Lipinski definition) is 2. The number of allylic oxidation sites excluding steroid dienone is 1. The molecule has 17 heavy (non-hydrogen) atoms. The van der Waals surface area contributed by atoms with E-state index >= 15 is 0 Å². The molecular weight excluding hydrogens is 216 g/mol. The van der Waals surface area contributed by atoms with Gasteiger partial charge in [0.25, 0.3) is 0 Å². The number of fused-ring (bicyclic) bond motifs is 1. The van der Waals surface area contributed by atoms with Crippen LogP contribution in [0.1, 0.15) is 12.0 Å². The van der Waals surface area contributed by atoms with E-state index in [1.54, 1.807) is 6.20 Å². The molecule has 0 bridgehead atoms. The van der Waals surface area contributed by atoms with Crippen LogP contribution < -0.4 is 0 Å². The zero-order valence-electron chi connectivity index (χ0n) is 9.41. The maximum atomic E-state index is 10.9. The van der Waals surface area contributed by atoms with Crippen LogP contribution in [0.5, 0.6) is 0 Å². The van der Waals surface area contributed by atoms with Crippen molar-refractivity contribution in [3.8, 4) is 0 Å². The van der Waals surface area contributed by atoms with Gasteiger partial charge in [0.15, 0.2) is 0 Å². The molecule has 4 nitrogen and oxygen atoms in total. The quantitative estimate of drug-likeness (QED) is 0.803. The molecule has 1 aromatic heterocycles. The van der Waals surface area contributed by atoms with E-state index in [4.69, 9.17) is 5.11 Å². The van der Waals surface area contributed by atoms with Crippen LogP contribution in [0.25, 0.3) is 5.57 Å². The Kier molecular flexibility index (Phi) is 2.35. The SMILES string of the molecule is O=C(O)N1C[C@@H]2CC(c3cccnc3)=C[C@@H]2C1. The van der Waals surface area contributed by atoms with E-state index < -0.39 is 6.09 Å². The lowest BCUT2D eigenvalue weighted by atomic mass is 9.99. The van der Waals surface area contributed by atoms with Crippen molar-refractivity contribution in [2.24, 2.45) is 11.8 Å². The first-order chi connectivity index (χ1) is 8.24. The van der Waals surface area contributed by atoms with Gasteiger partial charge in [0.1, 0.15) is 0 Å². The highest BCUT2D eigenvalue weighted by Gasteiger charge is 2.38. The summed E-state index contributed by atoms with van der Waals surface area (Å²) in [7, 11) is 0. The summed E-state index contributed by atoms with van der Waals surface area (Å²) in [6.07, 6.45) is 6.05. The van der Waals surface area contributed by atoms with Gasteiger partial charge in [0.05, 0.1) is 0 Å². The van der Waals surface area contributed by atoms with Gasteiger partial charge in [0, 0.05) is 25.5 Å². The molecule has 0 unspecified atom stereocenters. The number of carbonyl (C=O) groups is 1. The van der Waals surface area contributed by atoms with Crippen molar-refractivity contribution in [3.63, 3.8) is 0 Å². The minimum Gasteiger partial charge on any atom is -0.465 e. The molecule has 4 heteroatoms. The first-order valence-electron chi connectivity index (χ1n) is 5.83. The number of hydrogen-bond donors (Lipinski definition) is 1. The second-order valence-electron chi connectivity index (χ2n) is 4.75. The fourth-order valence-corrected chi connectivity index (χ4v) is 2.83. The van der Waals surface area contributed by atoms with Crippen molar-refractivity contribution in [1.82, 2.24) is 9.88 Å². The van der Waals surface area contributed by atoms with Crippen LogP contribution in [0, 0.1) is 11.8 Å². The molecule has 1 saturated heterocycles. The first kappa shape index (κ1) is 10.3. The first-order valence-corrected chi connectivity index (χ1v) is 5.83. The molecule has 3 rings (SSSR count). The maximum absolute atomic E-state index is 10.9. The molecule has 0 spiro atoms. The van der Waals surface area contributed by atoms with Crippen molar-refractivity contribution in [3.05, 3.63) is 36.2 Å². The van der Waals surface area contributed by atoms with Gasteiger partial charge in [-0.15, -0.1) is 0 Å². The molecule has 1 aliphatic heterocycles. The van der Waals surface area contributed by atoms with Crippen LogP contribution in [0.2, 0.25) is 0 Å². The monoisotopic (exact) mass is 230 g/mol. The van der Waals surface area contributed by atoms with E-state index in [0.29, 0.717) is 24.9 Å². The van der Waals surface area contributed by atoms with Gasteiger partial charge in [-0.2, -0.15) is 0 Å². The molecule has 1 aromatic rings. The van der Waals surface area contributed by atoms with E-state index in [1.165, 1.54) is 16.0 Å². The van der Waals surface area contributed by atoms with Crippen molar-refractivity contribution in [2.45, 2.75) is 6.42 Å². The van der Waals surface area contributed by atoms with Crippen LogP contribution in [0.15, 0.2) is 30.6 Å². The summed E-state index contributed by atoms with van der Waals surface area (Å²) in [6, 6.07) is 4.00. The summed E-state index contributed by atoms with van der Waals surface area (Å²) in [4.78, 5) is 16.5. The van der Waals surface area contributed by atoms with Crippen LogP contribution in [0.4, 0.5) is 4.79 Å². The van der Waals surface area contributed by atoms with E-state index in [1.807, 2.05) is 12.3 Å². The summed E-state index contributed by atoms with van der Waals surface area (Å²) in [5, 5.41) is 8.95. The summed E-state index contributed by atoms with van der Waals surface area (Å²) < 4.78 is 0. The van der Waals surface area contributed by atoms with Crippen LogP contribution in [0.3, 0.4) is 0 Å². The predicted molar refractivity (Wildman–Crippen MR) is 63.4 cm³/mol. The fraction of sp³-hybridized carbons (Fsp3) is 0.385. The predicted octanol–water partition coefficient (Wildman–Crippen LogP) is 2.09. The molecule has 1 aliphatic carbocycles. The molecule has 1 N–H and O–H groups in total. The number of carboxylic acid groups (broad SMARTS) is 1. The van der Waals surface area contributed by atoms with Gasteiger partial charge in [-0.1, -0.05) is 12.1 Å². The second kappa shape index (κ2) is 3.87. The number of amides is 1. The van der Waals surface area contributed by atoms with E-state index in [0.717, 1.165) is 6.42 Å². The highest BCUT2D eigenvalue weighted by Crippen LogP contribution is 2.40. The van der Waals surface area contributed by atoms with Gasteiger partial charge in [-0.25, -0.2) is 4.79 Å². The van der Waals surface area contributed by atoms with Gasteiger partial charge in [-0.05, 0) is 35.5 Å². The minimum absolute atomic E-state index is 0.390. The van der Waals surface area contributed by atoms with E-state index in [9.17, 15) is 4.79 Å². The normalized spacial score (nSPS) is 26.8. The highest BCUT2D eigenvalue weighted by atomic mass is 16.4. The molecule has 2 heterocycles. The zero-order valence-corrected chi connectivity index (χ0v) is 9.41. The van der Waals surface area contributed by atoms with Gasteiger partial charge in [0.2, 0.25) is 0 Å². The van der Waals surface area contributed by atoms with Crippen molar-refractivity contribution in [2.75, 3.05) is 13.1 Å². The van der Waals surface area contributed by atoms with E-state index in [2.05, 4.69) is 17.1 Å². The largest absolute Gasteiger partial charge is 0.465 e.